The molecule has 6 aromatic carbocycles. The van der Waals surface area contributed by atoms with Crippen LogP contribution in [-0.2, 0) is 0 Å². The molecule has 10 rings (SSSR count). The van der Waals surface area contributed by atoms with E-state index in [1.807, 2.05) is 6.07 Å². The lowest BCUT2D eigenvalue weighted by Crippen LogP contribution is -2.13. The Balaban J connectivity index is 1.18. The van der Waals surface area contributed by atoms with Gasteiger partial charge in [0.15, 0.2) is 0 Å². The average molecular weight is 592 g/mol. The largest absolute Gasteiger partial charge is 0.484 e. The Labute approximate surface area is 266 Å². The van der Waals surface area contributed by atoms with Gasteiger partial charge in [0.1, 0.15) is 11.9 Å². The molecule has 1 aliphatic heterocycles. The fourth-order valence-corrected chi connectivity index (χ4v) is 7.91. The molecule has 46 heavy (non-hydrogen) atoms. The fourth-order valence-electron chi connectivity index (χ4n) is 7.91. The summed E-state index contributed by atoms with van der Waals surface area (Å²) in [5, 5.41) is 3.67. The highest BCUT2D eigenvalue weighted by molar-refractivity contribution is 6.10. The lowest BCUT2D eigenvalue weighted by molar-refractivity contribution is 0.225. The molecule has 8 aromatic rings. The van der Waals surface area contributed by atoms with E-state index >= 15 is 0 Å². The summed E-state index contributed by atoms with van der Waals surface area (Å²) < 4.78 is 11.9. The Morgan fingerprint density at radius 1 is 0.565 bits per heavy atom. The number of hydrogen-bond acceptors (Lipinski definition) is 2. The van der Waals surface area contributed by atoms with Crippen LogP contribution in [0.15, 0.2) is 146 Å². The van der Waals surface area contributed by atoms with Gasteiger partial charge in [-0.1, -0.05) is 103 Å². The number of anilines is 1. The average Bonchev–Trinajstić information content (AvgIpc) is 3.76. The van der Waals surface area contributed by atoms with Crippen molar-refractivity contribution in [2.45, 2.75) is 12.0 Å². The number of aromatic nitrogens is 2. The molecule has 0 amide bonds. The van der Waals surface area contributed by atoms with Crippen molar-refractivity contribution in [3.63, 3.8) is 0 Å². The van der Waals surface area contributed by atoms with Crippen molar-refractivity contribution in [3.05, 3.63) is 162 Å². The minimum absolute atomic E-state index is 0.114. The molecule has 2 aliphatic rings. The Kier molecular flexibility index (Phi) is 5.23. The van der Waals surface area contributed by atoms with Crippen molar-refractivity contribution < 1.29 is 4.74 Å². The predicted octanol–water partition coefficient (Wildman–Crippen LogP) is 10.2. The van der Waals surface area contributed by atoms with Gasteiger partial charge in [-0.05, 0) is 48.5 Å². The van der Waals surface area contributed by atoms with Crippen LogP contribution in [0.5, 0.6) is 5.75 Å². The van der Waals surface area contributed by atoms with E-state index in [9.17, 15) is 0 Å². The summed E-state index contributed by atoms with van der Waals surface area (Å²) in [7, 11) is 0. The second-order valence-corrected chi connectivity index (χ2v) is 12.3. The summed E-state index contributed by atoms with van der Waals surface area (Å²) >= 11 is 0. The van der Waals surface area contributed by atoms with Crippen molar-refractivity contribution in [2.75, 3.05) is 5.73 Å². The summed E-state index contributed by atoms with van der Waals surface area (Å²) in [6, 6.07) is 49.3. The number of nitrogens with zero attached hydrogens (tertiary/aromatic N) is 2. The third-order valence-electron chi connectivity index (χ3n) is 9.82. The van der Waals surface area contributed by atoms with Crippen molar-refractivity contribution in [2.24, 2.45) is 0 Å². The number of benzene rings is 6. The van der Waals surface area contributed by atoms with E-state index in [1.54, 1.807) is 0 Å². The number of nitrogen functional groups attached to an aromatic ring is 1. The monoisotopic (exact) mass is 591 g/mol. The molecular formula is C42H29N3O. The predicted molar refractivity (Wildman–Crippen MR) is 189 cm³/mol. The van der Waals surface area contributed by atoms with E-state index in [-0.39, 0.29) is 12.0 Å². The highest BCUT2D eigenvalue weighted by atomic mass is 16.5. The minimum Gasteiger partial charge on any atom is -0.484 e. The SMILES string of the molecule is Nc1ccc(-c2cccc3c2OC2c4c(n(-c5ccccc5)c5ccccc45)C=CC32)c(-n2c3ccccc3c3ccccc32)c1. The van der Waals surface area contributed by atoms with E-state index in [0.29, 0.717) is 0 Å². The van der Waals surface area contributed by atoms with E-state index in [4.69, 9.17) is 10.5 Å². The third kappa shape index (κ3) is 3.44. The van der Waals surface area contributed by atoms with Crippen molar-refractivity contribution in [3.8, 4) is 28.3 Å². The van der Waals surface area contributed by atoms with Gasteiger partial charge in [-0.3, -0.25) is 0 Å². The molecule has 0 spiro atoms. The third-order valence-corrected chi connectivity index (χ3v) is 9.82. The maximum absolute atomic E-state index is 7.15. The highest BCUT2D eigenvalue weighted by Gasteiger charge is 2.41. The Morgan fingerprint density at radius 3 is 1.96 bits per heavy atom. The standard InChI is InChI=1S/C42H29N3O/c43-26-21-22-30(39(25-26)45-35-18-7-4-13-28(35)29-14-5-8-19-36(29)45)31-16-10-17-32-33-23-24-38-40(42(33)46-41(31)32)34-15-6-9-20-37(34)44(38)27-11-2-1-3-12-27/h1-25,33,42H,43H2. The zero-order chi connectivity index (χ0) is 30.4. The number of hydrogen-bond donors (Lipinski definition) is 1. The van der Waals surface area contributed by atoms with Crippen LogP contribution in [0.25, 0.3) is 61.3 Å². The molecule has 0 fully saturated rings. The summed E-state index contributed by atoms with van der Waals surface area (Å²) in [6.45, 7) is 0. The van der Waals surface area contributed by atoms with Crippen molar-refractivity contribution in [1.29, 1.82) is 0 Å². The normalized spacial score (nSPS) is 16.4. The molecule has 4 nitrogen and oxygen atoms in total. The van der Waals surface area contributed by atoms with Crippen molar-refractivity contribution >= 4 is 44.5 Å². The maximum atomic E-state index is 7.15. The zero-order valence-corrected chi connectivity index (χ0v) is 25.0. The van der Waals surface area contributed by atoms with Gasteiger partial charge >= 0.3 is 0 Å². The van der Waals surface area contributed by atoms with E-state index < -0.39 is 0 Å². The van der Waals surface area contributed by atoms with Gasteiger partial charge in [0.25, 0.3) is 0 Å². The molecule has 4 heteroatoms. The molecule has 1 aliphatic carbocycles. The lowest BCUT2D eigenvalue weighted by Gasteiger charge is -2.22. The van der Waals surface area contributed by atoms with Crippen LogP contribution in [0, 0.1) is 0 Å². The molecule has 2 atom stereocenters. The highest BCUT2D eigenvalue weighted by Crippen LogP contribution is 2.56. The van der Waals surface area contributed by atoms with Crippen LogP contribution in [0.4, 0.5) is 5.69 Å². The molecule has 2 unspecified atom stereocenters. The van der Waals surface area contributed by atoms with Gasteiger partial charge in [0.05, 0.1) is 27.9 Å². The number of ether oxygens (including phenoxy) is 1. The van der Waals surface area contributed by atoms with Crippen LogP contribution in [0.2, 0.25) is 0 Å². The first kappa shape index (κ1) is 25.3. The summed E-state index contributed by atoms with van der Waals surface area (Å²) in [5.74, 6) is 1.06. The van der Waals surface area contributed by atoms with Crippen molar-refractivity contribution in [1.82, 2.24) is 9.13 Å². The second kappa shape index (κ2) is 9.50. The number of nitrogens with two attached hydrogens (primary N) is 1. The Bertz CT molecular complexity index is 2480. The van der Waals surface area contributed by atoms with Crippen LogP contribution in [0.3, 0.4) is 0 Å². The summed E-state index contributed by atoms with van der Waals surface area (Å²) in [4.78, 5) is 0. The maximum Gasteiger partial charge on any atom is 0.137 e. The zero-order valence-electron chi connectivity index (χ0n) is 25.0. The first-order valence-corrected chi connectivity index (χ1v) is 15.8. The van der Waals surface area contributed by atoms with Gasteiger partial charge in [-0.25, -0.2) is 0 Å². The van der Waals surface area contributed by atoms with Gasteiger partial charge in [0.2, 0.25) is 0 Å². The fraction of sp³-hybridized carbons (Fsp3) is 0.0476. The summed E-state index contributed by atoms with van der Waals surface area (Å²) in [6.07, 6.45) is 4.50. The minimum atomic E-state index is -0.128. The van der Waals surface area contributed by atoms with Crippen LogP contribution in [0.1, 0.15) is 28.8 Å². The summed E-state index contributed by atoms with van der Waals surface area (Å²) in [5.41, 5.74) is 18.7. The van der Waals surface area contributed by atoms with E-state index in [1.165, 1.54) is 38.5 Å². The van der Waals surface area contributed by atoms with Crippen LogP contribution in [-0.4, -0.2) is 9.13 Å². The molecule has 2 N–H and O–H groups in total. The van der Waals surface area contributed by atoms with Gasteiger partial charge < -0.3 is 19.6 Å². The molecule has 2 aromatic heterocycles. The number of para-hydroxylation sites is 5. The Hall–Kier alpha value is -6.00. The molecule has 218 valence electrons. The topological polar surface area (TPSA) is 45.1 Å². The second-order valence-electron chi connectivity index (χ2n) is 12.3. The number of rotatable bonds is 3. The molecular weight excluding hydrogens is 562 g/mol. The van der Waals surface area contributed by atoms with Gasteiger partial charge in [-0.2, -0.15) is 0 Å². The first-order chi connectivity index (χ1) is 22.8. The quantitative estimate of drug-likeness (QED) is 0.208. The molecule has 3 heterocycles. The molecule has 0 radical (unpaired) electrons. The number of fused-ring (bicyclic) bond motifs is 10. The first-order valence-electron chi connectivity index (χ1n) is 15.8. The van der Waals surface area contributed by atoms with Gasteiger partial charge in [-0.15, -0.1) is 0 Å². The lowest BCUT2D eigenvalue weighted by atomic mass is 9.85. The molecule has 0 bridgehead atoms. The smallest absolute Gasteiger partial charge is 0.137 e. The molecule has 0 saturated carbocycles. The Morgan fingerprint density at radius 2 is 1.22 bits per heavy atom. The van der Waals surface area contributed by atoms with Crippen LogP contribution < -0.4 is 10.5 Å². The van der Waals surface area contributed by atoms with Crippen LogP contribution >= 0.6 is 0 Å². The molecule has 0 saturated heterocycles. The van der Waals surface area contributed by atoms with Gasteiger partial charge in [0, 0.05) is 55.7 Å². The van der Waals surface area contributed by atoms with E-state index in [2.05, 4.69) is 155 Å². The van der Waals surface area contributed by atoms with E-state index in [0.717, 1.165) is 45.0 Å².